The number of anilines is 1. The number of aromatic nitrogens is 2. The molecular weight excluding hydrogens is 238 g/mol. The molecule has 96 valence electrons. The van der Waals surface area contributed by atoms with Crippen LogP contribution in [0.5, 0.6) is 5.88 Å². The third-order valence-corrected chi connectivity index (χ3v) is 2.29. The molecule has 0 radical (unpaired) electrons. The quantitative estimate of drug-likeness (QED) is 0.894. The predicted molar refractivity (Wildman–Crippen MR) is 61.6 cm³/mol. The number of amides is 1. The molecule has 2 aromatic heterocycles. The van der Waals surface area contributed by atoms with E-state index in [9.17, 15) is 4.79 Å². The van der Waals surface area contributed by atoms with E-state index in [4.69, 9.17) is 13.8 Å². The van der Waals surface area contributed by atoms with Crippen LogP contribution in [0.25, 0.3) is 0 Å². The Balaban J connectivity index is 2.13. The third kappa shape index (κ3) is 2.34. The van der Waals surface area contributed by atoms with Gasteiger partial charge in [0.2, 0.25) is 5.76 Å². The van der Waals surface area contributed by atoms with Crippen molar-refractivity contribution in [3.8, 4) is 5.88 Å². The topological polar surface area (TPSA) is 90.4 Å². The first-order valence-electron chi connectivity index (χ1n) is 5.38. The summed E-state index contributed by atoms with van der Waals surface area (Å²) in [6, 6.07) is 1.40. The van der Waals surface area contributed by atoms with Gasteiger partial charge in [-0.15, -0.1) is 0 Å². The van der Waals surface area contributed by atoms with Gasteiger partial charge in [-0.1, -0.05) is 19.0 Å². The fraction of sp³-hybridized carbons (Fsp3) is 0.364. The lowest BCUT2D eigenvalue weighted by Crippen LogP contribution is -2.11. The van der Waals surface area contributed by atoms with Crippen molar-refractivity contribution in [1.82, 2.24) is 10.3 Å². The summed E-state index contributed by atoms with van der Waals surface area (Å²) >= 11 is 0. The number of nitrogens with zero attached hydrogens (tertiary/aromatic N) is 2. The Morgan fingerprint density at radius 2 is 2.22 bits per heavy atom. The van der Waals surface area contributed by atoms with Crippen molar-refractivity contribution in [2.75, 3.05) is 12.4 Å². The zero-order valence-electron chi connectivity index (χ0n) is 10.3. The molecule has 2 heterocycles. The van der Waals surface area contributed by atoms with Crippen LogP contribution in [0.3, 0.4) is 0 Å². The summed E-state index contributed by atoms with van der Waals surface area (Å²) < 4.78 is 14.7. The molecule has 0 saturated carbocycles. The van der Waals surface area contributed by atoms with E-state index in [1.54, 1.807) is 0 Å². The second-order valence-corrected chi connectivity index (χ2v) is 3.95. The molecule has 0 unspecified atom stereocenters. The molecular formula is C11H13N3O4. The Labute approximate surface area is 103 Å². The summed E-state index contributed by atoms with van der Waals surface area (Å²) in [4.78, 5) is 11.8. The molecule has 0 aromatic carbocycles. The zero-order chi connectivity index (χ0) is 13.1. The smallest absolute Gasteiger partial charge is 0.294 e. The van der Waals surface area contributed by atoms with E-state index in [1.165, 1.54) is 19.4 Å². The second-order valence-electron chi connectivity index (χ2n) is 3.95. The molecule has 0 spiro atoms. The molecule has 18 heavy (non-hydrogen) atoms. The van der Waals surface area contributed by atoms with Crippen molar-refractivity contribution in [3.05, 3.63) is 23.8 Å². The van der Waals surface area contributed by atoms with Gasteiger partial charge >= 0.3 is 0 Å². The predicted octanol–water partition coefficient (Wildman–Crippen LogP) is 2.05. The molecule has 2 rings (SSSR count). The van der Waals surface area contributed by atoms with Gasteiger partial charge in [-0.3, -0.25) is 4.79 Å². The molecule has 7 heteroatoms. The van der Waals surface area contributed by atoms with Crippen LogP contribution < -0.4 is 10.1 Å². The lowest BCUT2D eigenvalue weighted by molar-refractivity contribution is 0.0987. The van der Waals surface area contributed by atoms with E-state index in [2.05, 4.69) is 15.6 Å². The zero-order valence-corrected chi connectivity index (χ0v) is 10.3. The van der Waals surface area contributed by atoms with Crippen molar-refractivity contribution in [3.63, 3.8) is 0 Å². The van der Waals surface area contributed by atoms with E-state index in [1.807, 2.05) is 13.8 Å². The molecule has 1 N–H and O–H groups in total. The number of hydrogen-bond acceptors (Lipinski definition) is 6. The SMILES string of the molecule is COc1cc(C(=O)Nc2cnoc2C(C)C)on1. The van der Waals surface area contributed by atoms with E-state index in [0.29, 0.717) is 11.4 Å². The van der Waals surface area contributed by atoms with Gasteiger partial charge in [-0.25, -0.2) is 0 Å². The van der Waals surface area contributed by atoms with Crippen LogP contribution in [0.15, 0.2) is 21.3 Å². The van der Waals surface area contributed by atoms with Crippen molar-refractivity contribution < 1.29 is 18.6 Å². The van der Waals surface area contributed by atoms with Gasteiger partial charge in [0.15, 0.2) is 5.76 Å². The van der Waals surface area contributed by atoms with Gasteiger partial charge in [0.25, 0.3) is 11.8 Å². The van der Waals surface area contributed by atoms with Crippen LogP contribution in [0.4, 0.5) is 5.69 Å². The molecule has 0 atom stereocenters. The second kappa shape index (κ2) is 4.91. The van der Waals surface area contributed by atoms with Crippen LogP contribution in [0.1, 0.15) is 36.1 Å². The molecule has 0 fully saturated rings. The Morgan fingerprint density at radius 3 is 2.83 bits per heavy atom. The highest BCUT2D eigenvalue weighted by molar-refractivity contribution is 6.02. The average molecular weight is 251 g/mol. The number of hydrogen-bond donors (Lipinski definition) is 1. The highest BCUT2D eigenvalue weighted by atomic mass is 16.5. The Hall–Kier alpha value is -2.31. The van der Waals surface area contributed by atoms with Gasteiger partial charge in [0.1, 0.15) is 5.69 Å². The minimum atomic E-state index is -0.434. The van der Waals surface area contributed by atoms with E-state index < -0.39 is 5.91 Å². The molecule has 0 saturated heterocycles. The normalized spacial score (nSPS) is 10.7. The molecule has 0 aliphatic carbocycles. The Bertz CT molecular complexity index is 544. The first kappa shape index (κ1) is 12.2. The summed E-state index contributed by atoms with van der Waals surface area (Å²) in [5.74, 6) is 0.593. The van der Waals surface area contributed by atoms with E-state index in [-0.39, 0.29) is 17.6 Å². The van der Waals surface area contributed by atoms with Gasteiger partial charge in [0, 0.05) is 5.92 Å². The molecule has 0 aliphatic heterocycles. The largest absolute Gasteiger partial charge is 0.479 e. The maximum Gasteiger partial charge on any atom is 0.294 e. The van der Waals surface area contributed by atoms with Gasteiger partial charge < -0.3 is 19.1 Å². The Kier molecular flexibility index (Phi) is 3.31. The van der Waals surface area contributed by atoms with Crippen molar-refractivity contribution >= 4 is 11.6 Å². The van der Waals surface area contributed by atoms with Gasteiger partial charge in [-0.2, -0.15) is 0 Å². The number of rotatable bonds is 4. The van der Waals surface area contributed by atoms with Crippen LogP contribution in [0, 0.1) is 0 Å². The number of nitrogens with one attached hydrogen (secondary N) is 1. The highest BCUT2D eigenvalue weighted by Crippen LogP contribution is 2.24. The molecule has 1 amide bonds. The van der Waals surface area contributed by atoms with Crippen LogP contribution >= 0.6 is 0 Å². The monoisotopic (exact) mass is 251 g/mol. The average Bonchev–Trinajstić information content (AvgIpc) is 2.96. The fourth-order valence-corrected chi connectivity index (χ4v) is 1.41. The number of carbonyl (C=O) groups excluding carboxylic acids is 1. The summed E-state index contributed by atoms with van der Waals surface area (Å²) in [5, 5.41) is 9.84. The summed E-state index contributed by atoms with van der Waals surface area (Å²) in [5.41, 5.74) is 0.519. The molecule has 0 aliphatic rings. The van der Waals surface area contributed by atoms with Gasteiger partial charge in [0.05, 0.1) is 19.4 Å². The fourth-order valence-electron chi connectivity index (χ4n) is 1.41. The van der Waals surface area contributed by atoms with Crippen molar-refractivity contribution in [2.45, 2.75) is 19.8 Å². The van der Waals surface area contributed by atoms with Crippen LogP contribution in [-0.2, 0) is 0 Å². The van der Waals surface area contributed by atoms with E-state index in [0.717, 1.165) is 0 Å². The third-order valence-electron chi connectivity index (χ3n) is 2.29. The van der Waals surface area contributed by atoms with Crippen molar-refractivity contribution in [1.29, 1.82) is 0 Å². The lowest BCUT2D eigenvalue weighted by Gasteiger charge is -2.03. The van der Waals surface area contributed by atoms with Crippen LogP contribution in [-0.4, -0.2) is 23.3 Å². The minimum Gasteiger partial charge on any atom is -0.479 e. The van der Waals surface area contributed by atoms with Crippen molar-refractivity contribution in [2.24, 2.45) is 0 Å². The minimum absolute atomic E-state index is 0.0581. The van der Waals surface area contributed by atoms with Crippen LogP contribution in [0.2, 0.25) is 0 Å². The summed E-state index contributed by atoms with van der Waals surface area (Å²) in [6.07, 6.45) is 1.45. The maximum absolute atomic E-state index is 11.8. The lowest BCUT2D eigenvalue weighted by atomic mass is 10.1. The number of ether oxygens (including phenoxy) is 1. The van der Waals surface area contributed by atoms with Gasteiger partial charge in [-0.05, 0) is 5.16 Å². The Morgan fingerprint density at radius 1 is 1.44 bits per heavy atom. The standard InChI is InChI=1S/C11H13N3O4/c1-6(2)10-7(5-12-18-10)13-11(15)8-4-9(16-3)14-17-8/h4-6H,1-3H3,(H,13,15). The summed E-state index contributed by atoms with van der Waals surface area (Å²) in [6.45, 7) is 3.88. The molecule has 7 nitrogen and oxygen atoms in total. The summed E-state index contributed by atoms with van der Waals surface area (Å²) in [7, 11) is 1.44. The molecule has 2 aromatic rings. The molecule has 0 bridgehead atoms. The first-order valence-corrected chi connectivity index (χ1v) is 5.38. The number of carbonyl (C=O) groups is 1. The maximum atomic E-state index is 11.8. The first-order chi connectivity index (χ1) is 8.61. The number of methoxy groups -OCH3 is 1. The highest BCUT2D eigenvalue weighted by Gasteiger charge is 2.18. The van der Waals surface area contributed by atoms with E-state index >= 15 is 0 Å².